The van der Waals surface area contributed by atoms with E-state index in [1.807, 2.05) is 6.92 Å². The van der Waals surface area contributed by atoms with Crippen molar-refractivity contribution in [3.05, 3.63) is 35.1 Å². The summed E-state index contributed by atoms with van der Waals surface area (Å²) >= 11 is 0. The van der Waals surface area contributed by atoms with Gasteiger partial charge in [0, 0.05) is 13.5 Å². The summed E-state index contributed by atoms with van der Waals surface area (Å²) in [6, 6.07) is 4.57. The third-order valence-corrected chi connectivity index (χ3v) is 3.92. The second-order valence-corrected chi connectivity index (χ2v) is 5.80. The van der Waals surface area contributed by atoms with Crippen molar-refractivity contribution in [2.45, 2.75) is 39.2 Å². The monoisotopic (exact) mass is 338 g/mol. The molecule has 1 aromatic carbocycles. The molecule has 24 heavy (non-hydrogen) atoms. The van der Waals surface area contributed by atoms with Crippen LogP contribution in [0.5, 0.6) is 0 Å². The molecule has 1 N–H and O–H groups in total. The van der Waals surface area contributed by atoms with Crippen LogP contribution in [0.2, 0.25) is 0 Å². The van der Waals surface area contributed by atoms with E-state index in [1.165, 1.54) is 19.1 Å². The minimum Gasteiger partial charge on any atom is -0.464 e. The first-order chi connectivity index (χ1) is 11.5. The van der Waals surface area contributed by atoms with Crippen molar-refractivity contribution in [1.29, 1.82) is 0 Å². The van der Waals surface area contributed by atoms with Gasteiger partial charge in [-0.15, -0.1) is 5.06 Å². The number of carbonyl (C=O) groups is 2. The third-order valence-electron chi connectivity index (χ3n) is 3.92. The van der Waals surface area contributed by atoms with Crippen LogP contribution in [0.1, 0.15) is 43.4 Å². The number of nitrogens with one attached hydrogen (secondary N) is 1. The summed E-state index contributed by atoms with van der Waals surface area (Å²) in [5.74, 6) is -0.671. The van der Waals surface area contributed by atoms with Crippen LogP contribution >= 0.6 is 0 Å². The van der Waals surface area contributed by atoms with Crippen LogP contribution in [-0.2, 0) is 14.4 Å². The fraction of sp³-hybridized carbons (Fsp3) is 0.529. The number of hydroxylamine groups is 2. The van der Waals surface area contributed by atoms with Crippen molar-refractivity contribution in [3.8, 4) is 0 Å². The van der Waals surface area contributed by atoms with Crippen molar-refractivity contribution in [1.82, 2.24) is 10.4 Å². The maximum Gasteiger partial charge on any atom is 0.426 e. The molecule has 1 aromatic rings. The number of piperidine rings is 1. The van der Waals surface area contributed by atoms with Crippen LogP contribution in [0, 0.1) is 12.7 Å². The lowest BCUT2D eigenvalue weighted by Crippen LogP contribution is -2.40. The first kappa shape index (κ1) is 18.2. The predicted octanol–water partition coefficient (Wildman–Crippen LogP) is 2.87. The van der Waals surface area contributed by atoms with E-state index < -0.39 is 12.1 Å². The molecular weight excluding hydrogens is 315 g/mol. The number of ether oxygens (including phenoxy) is 1. The fourth-order valence-corrected chi connectivity index (χ4v) is 2.82. The molecule has 1 atom stereocenters. The molecule has 1 aliphatic rings. The second kappa shape index (κ2) is 8.63. The standard InChI is InChI=1S/C17H23FN2O4/c1-12-11-14(18)6-7-15(12)16-5-3-4-9-20(16)24-17(22)19-8-10-23-13(2)21/h6-7,11,16H,3-5,8-10H2,1-2H3,(H,19,22)/t16-/m1/s1. The molecule has 1 saturated heterocycles. The number of rotatable bonds is 5. The summed E-state index contributed by atoms with van der Waals surface area (Å²) in [6.07, 6.45) is 2.20. The predicted molar refractivity (Wildman–Crippen MR) is 85.6 cm³/mol. The highest BCUT2D eigenvalue weighted by molar-refractivity contribution is 5.67. The molecule has 1 heterocycles. The number of carbonyl (C=O) groups excluding carboxylic acids is 2. The van der Waals surface area contributed by atoms with Gasteiger partial charge < -0.3 is 14.9 Å². The first-order valence-electron chi connectivity index (χ1n) is 8.09. The smallest absolute Gasteiger partial charge is 0.426 e. The molecule has 6 nitrogen and oxygen atoms in total. The van der Waals surface area contributed by atoms with Gasteiger partial charge in [0.15, 0.2) is 0 Å². The van der Waals surface area contributed by atoms with E-state index in [4.69, 9.17) is 9.57 Å². The lowest BCUT2D eigenvalue weighted by atomic mass is 9.94. The molecule has 1 fully saturated rings. The highest BCUT2D eigenvalue weighted by atomic mass is 19.1. The summed E-state index contributed by atoms with van der Waals surface area (Å²) in [6.45, 7) is 4.07. The van der Waals surface area contributed by atoms with Crippen molar-refractivity contribution >= 4 is 12.1 Å². The average Bonchev–Trinajstić information content (AvgIpc) is 2.52. The molecule has 132 valence electrons. The highest BCUT2D eigenvalue weighted by Crippen LogP contribution is 2.33. The summed E-state index contributed by atoms with van der Waals surface area (Å²) in [7, 11) is 0. The minimum absolute atomic E-state index is 0.0847. The first-order valence-corrected chi connectivity index (χ1v) is 8.09. The Bertz CT molecular complexity index is 594. The Balaban J connectivity index is 1.94. The van der Waals surface area contributed by atoms with E-state index in [0.29, 0.717) is 6.54 Å². The van der Waals surface area contributed by atoms with Crippen molar-refractivity contribution in [3.63, 3.8) is 0 Å². The van der Waals surface area contributed by atoms with Crippen LogP contribution in [0.4, 0.5) is 9.18 Å². The van der Waals surface area contributed by atoms with E-state index in [0.717, 1.165) is 30.4 Å². The van der Waals surface area contributed by atoms with Crippen LogP contribution in [0.15, 0.2) is 18.2 Å². The molecule has 0 saturated carbocycles. The zero-order valence-electron chi connectivity index (χ0n) is 14.0. The molecule has 0 bridgehead atoms. The number of amides is 1. The van der Waals surface area contributed by atoms with Crippen LogP contribution in [0.25, 0.3) is 0 Å². The summed E-state index contributed by atoms with van der Waals surface area (Å²) in [5.41, 5.74) is 1.80. The second-order valence-electron chi connectivity index (χ2n) is 5.80. The van der Waals surface area contributed by atoms with Gasteiger partial charge >= 0.3 is 12.1 Å². The number of hydrogen-bond acceptors (Lipinski definition) is 5. The van der Waals surface area contributed by atoms with Gasteiger partial charge in [0.25, 0.3) is 0 Å². The number of aryl methyl sites for hydroxylation is 1. The van der Waals surface area contributed by atoms with E-state index >= 15 is 0 Å². The molecule has 0 aliphatic carbocycles. The molecule has 1 amide bonds. The SMILES string of the molecule is CC(=O)OCCNC(=O)ON1CCCC[C@@H]1c1ccc(F)cc1C. The zero-order chi connectivity index (χ0) is 17.5. The van der Waals surface area contributed by atoms with Gasteiger partial charge in [-0.2, -0.15) is 0 Å². The van der Waals surface area contributed by atoms with Crippen molar-refractivity contribution < 1.29 is 23.6 Å². The minimum atomic E-state index is -0.589. The van der Waals surface area contributed by atoms with Gasteiger partial charge in [-0.1, -0.05) is 12.5 Å². The van der Waals surface area contributed by atoms with E-state index in [9.17, 15) is 14.0 Å². The van der Waals surface area contributed by atoms with Crippen LogP contribution in [0.3, 0.4) is 0 Å². The average molecular weight is 338 g/mol. The molecule has 7 heteroatoms. The van der Waals surface area contributed by atoms with Gasteiger partial charge in [-0.3, -0.25) is 4.79 Å². The lowest BCUT2D eigenvalue weighted by molar-refractivity contribution is -0.148. The summed E-state index contributed by atoms with van der Waals surface area (Å²) in [4.78, 5) is 28.0. The van der Waals surface area contributed by atoms with Gasteiger partial charge in [-0.25, -0.2) is 9.18 Å². The number of hydrogen-bond donors (Lipinski definition) is 1. The molecular formula is C17H23FN2O4. The molecule has 0 unspecified atom stereocenters. The number of halogens is 1. The lowest BCUT2D eigenvalue weighted by Gasteiger charge is -2.34. The molecule has 2 rings (SSSR count). The molecule has 0 spiro atoms. The van der Waals surface area contributed by atoms with Crippen molar-refractivity contribution in [2.24, 2.45) is 0 Å². The Morgan fingerprint density at radius 3 is 2.88 bits per heavy atom. The third kappa shape index (κ3) is 5.19. The Morgan fingerprint density at radius 2 is 2.17 bits per heavy atom. The maximum atomic E-state index is 13.3. The fourth-order valence-electron chi connectivity index (χ4n) is 2.82. The number of nitrogens with zero attached hydrogens (tertiary/aromatic N) is 1. The zero-order valence-corrected chi connectivity index (χ0v) is 14.0. The van der Waals surface area contributed by atoms with E-state index in [-0.39, 0.29) is 25.0 Å². The van der Waals surface area contributed by atoms with Gasteiger partial charge in [0.1, 0.15) is 12.4 Å². The summed E-state index contributed by atoms with van der Waals surface area (Å²) < 4.78 is 18.0. The largest absolute Gasteiger partial charge is 0.464 e. The highest BCUT2D eigenvalue weighted by Gasteiger charge is 2.28. The Labute approximate surface area is 140 Å². The molecule has 0 radical (unpaired) electrons. The summed E-state index contributed by atoms with van der Waals surface area (Å²) in [5, 5.41) is 4.18. The maximum absolute atomic E-state index is 13.3. The van der Waals surface area contributed by atoms with Crippen molar-refractivity contribution in [2.75, 3.05) is 19.7 Å². The topological polar surface area (TPSA) is 67.9 Å². The van der Waals surface area contributed by atoms with E-state index in [1.54, 1.807) is 11.1 Å². The Kier molecular flexibility index (Phi) is 6.54. The normalized spacial score (nSPS) is 18.0. The van der Waals surface area contributed by atoms with Gasteiger partial charge in [0.2, 0.25) is 0 Å². The Hall–Kier alpha value is -2.15. The number of benzene rings is 1. The van der Waals surface area contributed by atoms with Crippen LogP contribution in [-0.4, -0.2) is 36.8 Å². The molecule has 0 aromatic heterocycles. The Morgan fingerprint density at radius 1 is 1.38 bits per heavy atom. The quantitative estimate of drug-likeness (QED) is 0.660. The van der Waals surface area contributed by atoms with E-state index in [2.05, 4.69) is 5.32 Å². The number of esters is 1. The molecule has 1 aliphatic heterocycles. The van der Waals surface area contributed by atoms with Gasteiger partial charge in [0.05, 0.1) is 12.6 Å². The van der Waals surface area contributed by atoms with Crippen LogP contribution < -0.4 is 5.32 Å². The van der Waals surface area contributed by atoms with Gasteiger partial charge in [-0.05, 0) is 43.0 Å².